The van der Waals surface area contributed by atoms with Gasteiger partial charge in [0.1, 0.15) is 5.52 Å². The van der Waals surface area contributed by atoms with E-state index in [1.54, 1.807) is 18.2 Å². The lowest BCUT2D eigenvalue weighted by Gasteiger charge is -2.39. The molecule has 7 heteroatoms. The number of para-hydroxylation sites is 1. The van der Waals surface area contributed by atoms with E-state index in [4.69, 9.17) is 5.73 Å². The van der Waals surface area contributed by atoms with E-state index in [0.717, 1.165) is 32.0 Å². The average molecular weight is 369 g/mol. The molecule has 1 aromatic carbocycles. The van der Waals surface area contributed by atoms with Crippen LogP contribution in [-0.2, 0) is 0 Å². The van der Waals surface area contributed by atoms with Crippen molar-refractivity contribution in [3.05, 3.63) is 29.6 Å². The summed E-state index contributed by atoms with van der Waals surface area (Å²) in [5, 5.41) is 3.09. The maximum Gasteiger partial charge on any atom is 0.287 e. The second kappa shape index (κ2) is 7.68. The second-order valence-electron chi connectivity index (χ2n) is 7.73. The Bertz CT molecular complexity index is 832. The summed E-state index contributed by atoms with van der Waals surface area (Å²) in [6.45, 7) is 2.09. The standard InChI is InChI=1S/C20H27N5O2/c21-18(26)15-7-4-8-16-17(15)24-19(23-16)20(27)22-13-9-11-25(12-10-13)14-5-2-1-3-6-14/h4,7-8,13-14H,1-3,5-6,9-12H2,(H2,21,26)(H,22,27)(H,23,24). The molecule has 1 saturated heterocycles. The van der Waals surface area contributed by atoms with Gasteiger partial charge in [0.05, 0.1) is 11.1 Å². The molecule has 0 spiro atoms. The number of aromatic nitrogens is 2. The summed E-state index contributed by atoms with van der Waals surface area (Å²) >= 11 is 0. The minimum atomic E-state index is -0.547. The van der Waals surface area contributed by atoms with Crippen molar-refractivity contribution in [3.63, 3.8) is 0 Å². The van der Waals surface area contributed by atoms with Crippen molar-refractivity contribution < 1.29 is 9.59 Å². The van der Waals surface area contributed by atoms with Gasteiger partial charge in [-0.2, -0.15) is 0 Å². The predicted octanol–water partition coefficient (Wildman–Crippen LogP) is 2.19. The van der Waals surface area contributed by atoms with Gasteiger partial charge in [-0.1, -0.05) is 25.3 Å². The summed E-state index contributed by atoms with van der Waals surface area (Å²) in [5.41, 5.74) is 6.80. The normalized spacial score (nSPS) is 20.0. The quantitative estimate of drug-likeness (QED) is 0.768. The first-order chi connectivity index (χ1) is 13.1. The first kappa shape index (κ1) is 18.0. The summed E-state index contributed by atoms with van der Waals surface area (Å²) < 4.78 is 0. The van der Waals surface area contributed by atoms with E-state index in [-0.39, 0.29) is 17.8 Å². The summed E-state index contributed by atoms with van der Waals surface area (Å²) in [5.74, 6) is -0.541. The lowest BCUT2D eigenvalue weighted by Crippen LogP contribution is -2.48. The van der Waals surface area contributed by atoms with Gasteiger partial charge in [-0.15, -0.1) is 0 Å². The van der Waals surface area contributed by atoms with Crippen LogP contribution in [0.3, 0.4) is 0 Å². The van der Waals surface area contributed by atoms with E-state index < -0.39 is 5.91 Å². The number of likely N-dealkylation sites (tertiary alicyclic amines) is 1. The first-order valence-electron chi connectivity index (χ1n) is 9.95. The third-order valence-electron chi connectivity index (χ3n) is 5.95. The summed E-state index contributed by atoms with van der Waals surface area (Å²) in [6, 6.07) is 6.03. The number of benzene rings is 1. The van der Waals surface area contributed by atoms with Gasteiger partial charge in [-0.05, 0) is 37.8 Å². The maximum atomic E-state index is 12.6. The Labute approximate surface area is 158 Å². The molecule has 4 N–H and O–H groups in total. The van der Waals surface area contributed by atoms with Crippen LogP contribution in [0, 0.1) is 0 Å². The molecule has 1 saturated carbocycles. The van der Waals surface area contributed by atoms with Gasteiger partial charge in [-0.3, -0.25) is 9.59 Å². The smallest absolute Gasteiger partial charge is 0.287 e. The fourth-order valence-electron chi connectivity index (χ4n) is 4.45. The van der Waals surface area contributed by atoms with Crippen LogP contribution in [0.5, 0.6) is 0 Å². The van der Waals surface area contributed by atoms with E-state index in [9.17, 15) is 9.59 Å². The highest BCUT2D eigenvalue weighted by atomic mass is 16.2. The monoisotopic (exact) mass is 369 g/mol. The number of fused-ring (bicyclic) bond motifs is 1. The molecule has 2 amide bonds. The zero-order chi connectivity index (χ0) is 18.8. The van der Waals surface area contributed by atoms with E-state index in [0.29, 0.717) is 16.6 Å². The minimum Gasteiger partial charge on any atom is -0.366 e. The number of aromatic amines is 1. The lowest BCUT2D eigenvalue weighted by atomic mass is 9.92. The molecule has 0 unspecified atom stereocenters. The third kappa shape index (κ3) is 3.83. The van der Waals surface area contributed by atoms with Gasteiger partial charge < -0.3 is 20.9 Å². The summed E-state index contributed by atoms with van der Waals surface area (Å²) in [6.07, 6.45) is 8.64. The number of piperidine rings is 1. The Morgan fingerprint density at radius 3 is 2.56 bits per heavy atom. The van der Waals surface area contributed by atoms with E-state index in [2.05, 4.69) is 20.2 Å². The highest BCUT2D eigenvalue weighted by Gasteiger charge is 2.27. The van der Waals surface area contributed by atoms with Gasteiger partial charge in [-0.25, -0.2) is 4.98 Å². The number of nitrogens with one attached hydrogen (secondary N) is 2. The molecule has 0 radical (unpaired) electrons. The zero-order valence-corrected chi connectivity index (χ0v) is 15.5. The molecule has 1 aliphatic carbocycles. The van der Waals surface area contributed by atoms with Crippen molar-refractivity contribution in [1.82, 2.24) is 20.2 Å². The molecular formula is C20H27N5O2. The van der Waals surface area contributed by atoms with Crippen molar-refractivity contribution in [2.24, 2.45) is 5.73 Å². The Hall–Kier alpha value is -2.41. The van der Waals surface area contributed by atoms with Crippen LogP contribution in [0.1, 0.15) is 65.9 Å². The number of hydrogen-bond donors (Lipinski definition) is 3. The predicted molar refractivity (Wildman–Crippen MR) is 104 cm³/mol. The van der Waals surface area contributed by atoms with Gasteiger partial charge in [0.25, 0.3) is 11.8 Å². The van der Waals surface area contributed by atoms with Crippen LogP contribution >= 0.6 is 0 Å². The molecule has 2 fully saturated rings. The minimum absolute atomic E-state index is 0.168. The van der Waals surface area contributed by atoms with Crippen molar-refractivity contribution in [2.45, 2.75) is 57.0 Å². The molecule has 1 aromatic heterocycles. The molecule has 2 aromatic rings. The molecule has 7 nitrogen and oxygen atoms in total. The SMILES string of the molecule is NC(=O)c1cccc2[nH]c(C(=O)NC3CCN(C4CCCCC4)CC3)nc12. The van der Waals surface area contributed by atoms with Crippen LogP contribution in [0.25, 0.3) is 11.0 Å². The zero-order valence-electron chi connectivity index (χ0n) is 15.5. The van der Waals surface area contributed by atoms with Crippen molar-refractivity contribution >= 4 is 22.8 Å². The molecule has 4 rings (SSSR count). The van der Waals surface area contributed by atoms with Gasteiger partial charge in [0.2, 0.25) is 0 Å². The highest BCUT2D eigenvalue weighted by molar-refractivity contribution is 6.05. The lowest BCUT2D eigenvalue weighted by molar-refractivity contribution is 0.0856. The van der Waals surface area contributed by atoms with Crippen LogP contribution in [0.2, 0.25) is 0 Å². The fraction of sp³-hybridized carbons (Fsp3) is 0.550. The Morgan fingerprint density at radius 2 is 1.85 bits per heavy atom. The Morgan fingerprint density at radius 1 is 1.11 bits per heavy atom. The number of rotatable bonds is 4. The van der Waals surface area contributed by atoms with Crippen molar-refractivity contribution in [3.8, 4) is 0 Å². The number of carbonyl (C=O) groups is 2. The first-order valence-corrected chi connectivity index (χ1v) is 9.95. The average Bonchev–Trinajstić information content (AvgIpc) is 3.13. The number of hydrogen-bond acceptors (Lipinski definition) is 4. The van der Waals surface area contributed by atoms with Crippen LogP contribution in [0.15, 0.2) is 18.2 Å². The topological polar surface area (TPSA) is 104 Å². The molecule has 0 bridgehead atoms. The van der Waals surface area contributed by atoms with Crippen LogP contribution < -0.4 is 11.1 Å². The molecular weight excluding hydrogens is 342 g/mol. The summed E-state index contributed by atoms with van der Waals surface area (Å²) in [4.78, 5) is 34.1. The molecule has 1 aliphatic heterocycles. The van der Waals surface area contributed by atoms with Gasteiger partial charge >= 0.3 is 0 Å². The molecule has 27 heavy (non-hydrogen) atoms. The van der Waals surface area contributed by atoms with Gasteiger partial charge in [0.15, 0.2) is 5.82 Å². The molecule has 2 heterocycles. The fourth-order valence-corrected chi connectivity index (χ4v) is 4.45. The van der Waals surface area contributed by atoms with Crippen molar-refractivity contribution in [2.75, 3.05) is 13.1 Å². The van der Waals surface area contributed by atoms with E-state index >= 15 is 0 Å². The number of carbonyl (C=O) groups excluding carboxylic acids is 2. The Balaban J connectivity index is 1.38. The number of amides is 2. The van der Waals surface area contributed by atoms with E-state index in [1.807, 2.05) is 0 Å². The number of H-pyrrole nitrogens is 1. The number of imidazole rings is 1. The van der Waals surface area contributed by atoms with Crippen LogP contribution in [0.4, 0.5) is 0 Å². The number of primary amides is 1. The van der Waals surface area contributed by atoms with Crippen molar-refractivity contribution in [1.29, 1.82) is 0 Å². The Kier molecular flexibility index (Phi) is 5.11. The molecule has 2 aliphatic rings. The number of nitrogens with zero attached hydrogens (tertiary/aromatic N) is 2. The van der Waals surface area contributed by atoms with Crippen LogP contribution in [-0.4, -0.2) is 51.9 Å². The maximum absolute atomic E-state index is 12.6. The highest BCUT2D eigenvalue weighted by Crippen LogP contribution is 2.25. The third-order valence-corrected chi connectivity index (χ3v) is 5.95. The summed E-state index contributed by atoms with van der Waals surface area (Å²) in [7, 11) is 0. The molecule has 144 valence electrons. The molecule has 0 atom stereocenters. The number of nitrogens with two attached hydrogens (primary N) is 1. The van der Waals surface area contributed by atoms with E-state index in [1.165, 1.54) is 32.1 Å². The largest absolute Gasteiger partial charge is 0.366 e. The van der Waals surface area contributed by atoms with Gasteiger partial charge in [0, 0.05) is 25.2 Å². The second-order valence-corrected chi connectivity index (χ2v) is 7.73.